The second-order valence-corrected chi connectivity index (χ2v) is 8.75. The van der Waals surface area contributed by atoms with Gasteiger partial charge in [0.1, 0.15) is 12.6 Å². The molecule has 178 valence electrons. The Morgan fingerprint density at radius 2 is 1.97 bits per heavy atom. The summed E-state index contributed by atoms with van der Waals surface area (Å²) in [7, 11) is 1.54. The number of tetrazole rings is 1. The molecule has 3 aromatic rings. The van der Waals surface area contributed by atoms with E-state index in [1.807, 2.05) is 6.07 Å². The van der Waals surface area contributed by atoms with E-state index in [1.54, 1.807) is 58.2 Å². The molecule has 0 radical (unpaired) electrons. The maximum Gasteiger partial charge on any atom is 0.338 e. The highest BCUT2D eigenvalue weighted by atomic mass is 35.5. The molecule has 0 aliphatic carbocycles. The molecule has 1 aromatic heterocycles. The summed E-state index contributed by atoms with van der Waals surface area (Å²) >= 11 is 12.2. The molecule has 1 atom stereocenters. The third kappa shape index (κ3) is 4.80. The van der Waals surface area contributed by atoms with E-state index in [4.69, 9.17) is 37.4 Å². The Labute approximate surface area is 206 Å². The van der Waals surface area contributed by atoms with Gasteiger partial charge in [-0.1, -0.05) is 40.4 Å². The second-order valence-electron chi connectivity index (χ2n) is 7.90. The Morgan fingerprint density at radius 3 is 2.68 bits per heavy atom. The molecular weight excluding hydrogens is 481 g/mol. The van der Waals surface area contributed by atoms with Gasteiger partial charge in [-0.25, -0.2) is 4.79 Å². The Kier molecular flexibility index (Phi) is 6.95. The Morgan fingerprint density at radius 1 is 1.18 bits per heavy atom. The van der Waals surface area contributed by atoms with Crippen LogP contribution < -0.4 is 14.8 Å². The maximum absolute atomic E-state index is 13.0. The first kappa shape index (κ1) is 23.8. The van der Waals surface area contributed by atoms with Gasteiger partial charge >= 0.3 is 5.97 Å². The number of anilines is 1. The van der Waals surface area contributed by atoms with Crippen molar-refractivity contribution in [2.75, 3.05) is 12.4 Å². The van der Waals surface area contributed by atoms with Gasteiger partial charge in [0.2, 0.25) is 5.95 Å². The number of hydrogen-bond acceptors (Lipinski definition) is 8. The van der Waals surface area contributed by atoms with Gasteiger partial charge in [0, 0.05) is 21.3 Å². The quantitative estimate of drug-likeness (QED) is 0.458. The molecule has 34 heavy (non-hydrogen) atoms. The van der Waals surface area contributed by atoms with Crippen molar-refractivity contribution in [3.8, 4) is 11.5 Å². The Bertz CT molecular complexity index is 1260. The van der Waals surface area contributed by atoms with E-state index in [9.17, 15) is 4.79 Å². The molecule has 0 spiro atoms. The second kappa shape index (κ2) is 9.90. The van der Waals surface area contributed by atoms with Gasteiger partial charge < -0.3 is 19.5 Å². The fourth-order valence-electron chi connectivity index (χ4n) is 3.63. The maximum atomic E-state index is 13.0. The molecule has 9 nitrogen and oxygen atoms in total. The lowest BCUT2D eigenvalue weighted by atomic mass is 9.95. The van der Waals surface area contributed by atoms with Gasteiger partial charge in [-0.15, -0.1) is 0 Å². The standard InChI is InChI=1S/C23H23Cl2N5O4/c1-12(2)34-22(31)20-13(3)26-23-27-28-29-30(23)21(20)14-6-8-18(19(9-14)32-4)33-11-15-5-7-16(24)10-17(15)25/h5-10,12,21H,11H2,1-4H3,(H,26,27,29). The van der Waals surface area contributed by atoms with E-state index in [2.05, 4.69) is 20.8 Å². The molecule has 0 saturated carbocycles. The van der Waals surface area contributed by atoms with Crippen LogP contribution in [0.4, 0.5) is 5.95 Å². The number of halogens is 2. The molecule has 1 aliphatic heterocycles. The van der Waals surface area contributed by atoms with E-state index < -0.39 is 12.0 Å². The van der Waals surface area contributed by atoms with Gasteiger partial charge in [0.25, 0.3) is 0 Å². The lowest BCUT2D eigenvalue weighted by Crippen LogP contribution is -2.30. The number of allylic oxidation sites excluding steroid dienone is 1. The summed E-state index contributed by atoms with van der Waals surface area (Å²) in [4.78, 5) is 13.0. The van der Waals surface area contributed by atoms with Crippen LogP contribution in [0, 0.1) is 0 Å². The van der Waals surface area contributed by atoms with E-state index in [-0.39, 0.29) is 12.7 Å². The molecule has 11 heteroatoms. The number of carbonyl (C=O) groups excluding carboxylic acids is 1. The summed E-state index contributed by atoms with van der Waals surface area (Å²) in [6.45, 7) is 5.60. The van der Waals surface area contributed by atoms with Crippen molar-refractivity contribution < 1.29 is 19.0 Å². The number of methoxy groups -OCH3 is 1. The molecule has 0 fully saturated rings. The van der Waals surface area contributed by atoms with Crippen LogP contribution in [-0.2, 0) is 16.1 Å². The number of nitrogens with one attached hydrogen (secondary N) is 1. The number of fused-ring (bicyclic) bond motifs is 1. The average Bonchev–Trinajstić information content (AvgIpc) is 3.25. The Hall–Kier alpha value is -3.30. The number of esters is 1. The number of nitrogens with zero attached hydrogens (tertiary/aromatic N) is 4. The highest BCUT2D eigenvalue weighted by Gasteiger charge is 2.35. The predicted octanol–water partition coefficient (Wildman–Crippen LogP) is 4.81. The number of ether oxygens (including phenoxy) is 3. The third-order valence-electron chi connectivity index (χ3n) is 5.18. The van der Waals surface area contributed by atoms with Crippen LogP contribution in [0.15, 0.2) is 47.7 Å². The third-order valence-corrected chi connectivity index (χ3v) is 5.77. The summed E-state index contributed by atoms with van der Waals surface area (Å²) in [5, 5.41) is 16.0. The van der Waals surface area contributed by atoms with E-state index in [0.717, 1.165) is 11.1 Å². The molecule has 2 heterocycles. The van der Waals surface area contributed by atoms with Crippen molar-refractivity contribution in [2.24, 2.45) is 0 Å². The first-order chi connectivity index (χ1) is 16.3. The van der Waals surface area contributed by atoms with Crippen LogP contribution in [-0.4, -0.2) is 39.4 Å². The minimum Gasteiger partial charge on any atom is -0.493 e. The molecule has 0 amide bonds. The Balaban J connectivity index is 1.68. The molecule has 0 saturated heterocycles. The molecule has 1 unspecified atom stereocenters. The molecule has 1 N–H and O–H groups in total. The lowest BCUT2D eigenvalue weighted by Gasteiger charge is -2.28. The van der Waals surface area contributed by atoms with E-state index in [1.165, 1.54) is 4.68 Å². The predicted molar refractivity (Wildman–Crippen MR) is 127 cm³/mol. The van der Waals surface area contributed by atoms with Gasteiger partial charge in [-0.3, -0.25) is 0 Å². The van der Waals surface area contributed by atoms with Gasteiger partial charge in [-0.05, 0) is 61.0 Å². The lowest BCUT2D eigenvalue weighted by molar-refractivity contribution is -0.143. The molecular formula is C23H23Cl2N5O4. The van der Waals surface area contributed by atoms with Crippen molar-refractivity contribution in [3.63, 3.8) is 0 Å². The van der Waals surface area contributed by atoms with Crippen LogP contribution in [0.25, 0.3) is 0 Å². The van der Waals surface area contributed by atoms with Crippen LogP contribution >= 0.6 is 23.2 Å². The van der Waals surface area contributed by atoms with Gasteiger partial charge in [0.15, 0.2) is 11.5 Å². The van der Waals surface area contributed by atoms with Crippen LogP contribution in [0.1, 0.15) is 37.9 Å². The zero-order chi connectivity index (χ0) is 24.4. The first-order valence-electron chi connectivity index (χ1n) is 10.5. The fourth-order valence-corrected chi connectivity index (χ4v) is 4.09. The van der Waals surface area contributed by atoms with Crippen molar-refractivity contribution >= 4 is 35.1 Å². The SMILES string of the molecule is COc1cc(C2C(C(=O)OC(C)C)=C(C)Nc3nnnn32)ccc1OCc1ccc(Cl)cc1Cl. The van der Waals surface area contributed by atoms with E-state index >= 15 is 0 Å². The first-order valence-corrected chi connectivity index (χ1v) is 11.3. The van der Waals surface area contributed by atoms with Gasteiger partial charge in [-0.2, -0.15) is 4.68 Å². The average molecular weight is 504 g/mol. The van der Waals surface area contributed by atoms with Crippen molar-refractivity contribution in [3.05, 3.63) is 68.8 Å². The molecule has 2 aromatic carbocycles. The number of rotatable bonds is 7. The molecule has 0 bridgehead atoms. The summed E-state index contributed by atoms with van der Waals surface area (Å²) in [6, 6.07) is 9.99. The smallest absolute Gasteiger partial charge is 0.338 e. The number of benzene rings is 2. The highest BCUT2D eigenvalue weighted by Crippen LogP contribution is 2.39. The zero-order valence-corrected chi connectivity index (χ0v) is 20.5. The monoisotopic (exact) mass is 503 g/mol. The highest BCUT2D eigenvalue weighted by molar-refractivity contribution is 6.35. The normalized spacial score (nSPS) is 15.1. The number of carbonyl (C=O) groups is 1. The number of aromatic nitrogens is 4. The van der Waals surface area contributed by atoms with Crippen LogP contribution in [0.3, 0.4) is 0 Å². The fraction of sp³-hybridized carbons (Fsp3) is 0.304. The van der Waals surface area contributed by atoms with Gasteiger partial charge in [0.05, 0.1) is 18.8 Å². The van der Waals surface area contributed by atoms with Crippen molar-refractivity contribution in [1.82, 2.24) is 20.2 Å². The van der Waals surface area contributed by atoms with Crippen LogP contribution in [0.5, 0.6) is 11.5 Å². The number of hydrogen-bond donors (Lipinski definition) is 1. The zero-order valence-electron chi connectivity index (χ0n) is 19.0. The molecule has 4 rings (SSSR count). The van der Waals surface area contributed by atoms with Crippen LogP contribution in [0.2, 0.25) is 10.0 Å². The summed E-state index contributed by atoms with van der Waals surface area (Å²) in [5.41, 5.74) is 2.51. The summed E-state index contributed by atoms with van der Waals surface area (Å²) in [5.74, 6) is 0.947. The minimum atomic E-state index is -0.619. The van der Waals surface area contributed by atoms with E-state index in [0.29, 0.717) is 38.8 Å². The molecule has 1 aliphatic rings. The topological polar surface area (TPSA) is 100 Å². The van der Waals surface area contributed by atoms with Crippen molar-refractivity contribution in [2.45, 2.75) is 39.5 Å². The summed E-state index contributed by atoms with van der Waals surface area (Å²) in [6.07, 6.45) is -0.284. The minimum absolute atomic E-state index is 0.223. The largest absolute Gasteiger partial charge is 0.493 e. The van der Waals surface area contributed by atoms with Crippen molar-refractivity contribution in [1.29, 1.82) is 0 Å². The summed E-state index contributed by atoms with van der Waals surface area (Å²) < 4.78 is 18.6.